The van der Waals surface area contributed by atoms with Gasteiger partial charge in [0.15, 0.2) is 12.7 Å². The van der Waals surface area contributed by atoms with Gasteiger partial charge in [0.1, 0.15) is 17.2 Å². The maximum atomic E-state index is 14.0. The van der Waals surface area contributed by atoms with Crippen LogP contribution in [0.1, 0.15) is 127 Å². The van der Waals surface area contributed by atoms with E-state index in [4.69, 9.17) is 32.4 Å². The second-order valence-electron chi connectivity index (χ2n) is 14.4. The summed E-state index contributed by atoms with van der Waals surface area (Å²) in [5.41, 5.74) is 1.54. The summed E-state index contributed by atoms with van der Waals surface area (Å²) >= 11 is 6.77. The SMILES string of the molecule is [C-]#[N+]c1ccc(NC(=O)Nc2cc(OCC(=O)OC)c(NC(=O)C(CCCCCCCCCCCC)Oc3ccc(C4CCCCC4)cc3Cl)cc2O)cc1C#N. The predicted molar refractivity (Wildman–Crippen MR) is 222 cm³/mol. The lowest BCUT2D eigenvalue weighted by atomic mass is 9.84. The number of rotatable bonds is 21. The number of carbonyl (C=O) groups excluding carboxylic acids is 3. The van der Waals surface area contributed by atoms with Gasteiger partial charge in [-0.1, -0.05) is 108 Å². The Morgan fingerprint density at radius 1 is 0.895 bits per heavy atom. The van der Waals surface area contributed by atoms with Gasteiger partial charge in [-0.15, -0.1) is 0 Å². The van der Waals surface area contributed by atoms with Crippen molar-refractivity contribution < 1.29 is 33.7 Å². The highest BCUT2D eigenvalue weighted by Gasteiger charge is 2.25. The molecule has 1 unspecified atom stereocenters. The van der Waals surface area contributed by atoms with Crippen molar-refractivity contribution in [2.24, 2.45) is 0 Å². The molecule has 57 heavy (non-hydrogen) atoms. The number of anilines is 3. The number of carbonyl (C=O) groups is 3. The summed E-state index contributed by atoms with van der Waals surface area (Å²) in [4.78, 5) is 42.3. The summed E-state index contributed by atoms with van der Waals surface area (Å²) in [6, 6.07) is 13.6. The van der Waals surface area contributed by atoms with Crippen LogP contribution in [0.25, 0.3) is 4.85 Å². The number of unbranched alkanes of at least 4 members (excludes halogenated alkanes) is 9. The molecule has 1 saturated carbocycles. The van der Waals surface area contributed by atoms with Gasteiger partial charge in [0, 0.05) is 17.8 Å². The molecular weight excluding hydrogens is 746 g/mol. The number of esters is 1. The van der Waals surface area contributed by atoms with Crippen LogP contribution in [0.5, 0.6) is 17.2 Å². The molecule has 1 fully saturated rings. The first-order valence-corrected chi connectivity index (χ1v) is 20.4. The van der Waals surface area contributed by atoms with Gasteiger partial charge >= 0.3 is 12.0 Å². The normalized spacial score (nSPS) is 13.1. The maximum Gasteiger partial charge on any atom is 0.343 e. The van der Waals surface area contributed by atoms with Gasteiger partial charge in [-0.2, -0.15) is 5.26 Å². The van der Waals surface area contributed by atoms with Crippen LogP contribution in [0.2, 0.25) is 5.02 Å². The smallest absolute Gasteiger partial charge is 0.343 e. The van der Waals surface area contributed by atoms with Gasteiger partial charge in [0.05, 0.1) is 41.7 Å². The third-order valence-corrected chi connectivity index (χ3v) is 10.4. The molecule has 0 aliphatic heterocycles. The fourth-order valence-electron chi connectivity index (χ4n) is 6.90. The zero-order valence-corrected chi connectivity index (χ0v) is 33.7. The molecule has 3 aromatic carbocycles. The zero-order chi connectivity index (χ0) is 41.0. The molecule has 0 saturated heterocycles. The number of nitrogens with zero attached hydrogens (tertiary/aromatic N) is 2. The topological polar surface area (TPSA) is 163 Å². The van der Waals surface area contributed by atoms with Crippen LogP contribution in [0.4, 0.5) is 27.5 Å². The van der Waals surface area contributed by atoms with Gasteiger partial charge in [0.2, 0.25) is 5.69 Å². The molecule has 304 valence electrons. The number of halogens is 1. The third-order valence-electron chi connectivity index (χ3n) is 10.1. The number of phenols is 1. The highest BCUT2D eigenvalue weighted by Crippen LogP contribution is 2.38. The van der Waals surface area contributed by atoms with E-state index in [9.17, 15) is 24.8 Å². The lowest BCUT2D eigenvalue weighted by Crippen LogP contribution is -2.33. The summed E-state index contributed by atoms with van der Waals surface area (Å²) in [6.07, 6.45) is 16.6. The highest BCUT2D eigenvalue weighted by atomic mass is 35.5. The van der Waals surface area contributed by atoms with Crippen molar-refractivity contribution in [2.75, 3.05) is 29.7 Å². The van der Waals surface area contributed by atoms with Crippen molar-refractivity contribution in [3.8, 4) is 23.3 Å². The first-order chi connectivity index (χ1) is 27.6. The van der Waals surface area contributed by atoms with Gasteiger partial charge < -0.3 is 35.3 Å². The van der Waals surface area contributed by atoms with Crippen LogP contribution in [0.15, 0.2) is 48.5 Å². The van der Waals surface area contributed by atoms with E-state index in [1.165, 1.54) is 95.2 Å². The molecule has 3 amide bonds. The number of benzene rings is 3. The van der Waals surface area contributed by atoms with E-state index in [-0.39, 0.29) is 34.1 Å². The molecule has 0 radical (unpaired) electrons. The Kier molecular flexibility index (Phi) is 18.3. The molecular formula is C44H54ClN5O7. The Bertz CT molecular complexity index is 1900. The lowest BCUT2D eigenvalue weighted by molar-refractivity contribution is -0.142. The number of nitriles is 1. The predicted octanol–water partition coefficient (Wildman–Crippen LogP) is 11.4. The first-order valence-electron chi connectivity index (χ1n) is 20.0. The average Bonchev–Trinajstić information content (AvgIpc) is 3.22. The standard InChI is InChI=1S/C44H54ClN5O7/c1-4-5-6-7-8-9-10-11-12-16-19-40(57-39-23-20-31(25-34(39)45)30-17-14-13-15-18-30)43(53)49-37-26-38(51)36(27-41(37)56-29-42(52)55-3)50-44(54)48-33-21-22-35(47-2)32(24-33)28-46/h20-27,30,40,51H,4-19,29H2,1,3H3,(H,49,53)(H2,48,50,54). The van der Waals surface area contributed by atoms with Crippen molar-refractivity contribution in [2.45, 2.75) is 122 Å². The largest absolute Gasteiger partial charge is 0.506 e. The summed E-state index contributed by atoms with van der Waals surface area (Å²) in [7, 11) is 1.20. The van der Waals surface area contributed by atoms with Crippen molar-refractivity contribution in [1.29, 1.82) is 5.26 Å². The minimum atomic E-state index is -0.955. The molecule has 4 N–H and O–H groups in total. The molecule has 0 aromatic heterocycles. The Morgan fingerprint density at radius 2 is 1.60 bits per heavy atom. The van der Waals surface area contributed by atoms with E-state index in [0.29, 0.717) is 23.1 Å². The van der Waals surface area contributed by atoms with E-state index in [1.807, 2.05) is 24.3 Å². The van der Waals surface area contributed by atoms with Crippen molar-refractivity contribution >= 4 is 52.3 Å². The molecule has 3 aromatic rings. The third kappa shape index (κ3) is 14.2. The number of urea groups is 1. The fraction of sp³-hybridized carbons (Fsp3) is 0.477. The minimum absolute atomic E-state index is 0.0242. The van der Waals surface area contributed by atoms with E-state index in [2.05, 4.69) is 27.7 Å². The van der Waals surface area contributed by atoms with Gasteiger partial charge in [-0.05, 0) is 61.4 Å². The van der Waals surface area contributed by atoms with E-state index < -0.39 is 36.4 Å². The van der Waals surface area contributed by atoms with Crippen LogP contribution in [-0.4, -0.2) is 42.8 Å². The molecule has 12 nitrogen and oxygen atoms in total. The second-order valence-corrected chi connectivity index (χ2v) is 14.8. The molecule has 4 rings (SSSR count). The molecule has 0 spiro atoms. The average molecular weight is 800 g/mol. The van der Waals surface area contributed by atoms with Crippen LogP contribution in [-0.2, 0) is 14.3 Å². The summed E-state index contributed by atoms with van der Waals surface area (Å²) in [6.45, 7) is 8.88. The van der Waals surface area contributed by atoms with E-state index in [1.54, 1.807) is 0 Å². The Hall–Kier alpha value is -5.46. The number of methoxy groups -OCH3 is 1. The fourth-order valence-corrected chi connectivity index (χ4v) is 7.13. The molecule has 1 aliphatic rings. The number of amides is 3. The zero-order valence-electron chi connectivity index (χ0n) is 33.0. The summed E-state index contributed by atoms with van der Waals surface area (Å²) in [5.74, 6) is -0.829. The lowest BCUT2D eigenvalue weighted by Gasteiger charge is -2.24. The minimum Gasteiger partial charge on any atom is -0.506 e. The number of hydrogen-bond donors (Lipinski definition) is 4. The number of phenolic OH excluding ortho intramolecular Hbond substituents is 1. The Labute approximate surface area is 341 Å². The summed E-state index contributed by atoms with van der Waals surface area (Å²) < 4.78 is 16.8. The molecule has 0 heterocycles. The highest BCUT2D eigenvalue weighted by molar-refractivity contribution is 6.32. The first kappa shape index (κ1) is 44.3. The number of aromatic hydroxyl groups is 1. The Morgan fingerprint density at radius 3 is 2.25 bits per heavy atom. The van der Waals surface area contributed by atoms with Crippen molar-refractivity contribution in [1.82, 2.24) is 0 Å². The summed E-state index contributed by atoms with van der Waals surface area (Å²) in [5, 5.41) is 28.6. The van der Waals surface area contributed by atoms with Crippen LogP contribution in [0.3, 0.4) is 0 Å². The van der Waals surface area contributed by atoms with E-state index >= 15 is 0 Å². The second kappa shape index (κ2) is 23.6. The van der Waals surface area contributed by atoms with Crippen molar-refractivity contribution in [3.05, 3.63) is 76.1 Å². The van der Waals surface area contributed by atoms with Gasteiger partial charge in [0.25, 0.3) is 5.91 Å². The Balaban J connectivity index is 1.51. The van der Waals surface area contributed by atoms with Gasteiger partial charge in [-0.25, -0.2) is 14.4 Å². The number of ether oxygens (including phenoxy) is 3. The molecule has 0 bridgehead atoms. The van der Waals surface area contributed by atoms with E-state index in [0.717, 1.165) is 44.1 Å². The maximum absolute atomic E-state index is 14.0. The van der Waals surface area contributed by atoms with Gasteiger partial charge in [-0.3, -0.25) is 4.79 Å². The van der Waals surface area contributed by atoms with Crippen molar-refractivity contribution in [3.63, 3.8) is 0 Å². The quantitative estimate of drug-likeness (QED) is 0.0358. The van der Waals surface area contributed by atoms with Crippen LogP contribution < -0.4 is 25.4 Å². The molecule has 1 atom stereocenters. The monoisotopic (exact) mass is 799 g/mol. The van der Waals surface area contributed by atoms with Crippen LogP contribution in [0, 0.1) is 17.9 Å². The molecule has 13 heteroatoms. The number of nitrogens with one attached hydrogen (secondary N) is 3. The van der Waals surface area contributed by atoms with Crippen LogP contribution >= 0.6 is 11.6 Å². The molecule has 1 aliphatic carbocycles. The number of hydrogen-bond acceptors (Lipinski definition) is 8.